The van der Waals surface area contributed by atoms with Gasteiger partial charge in [-0.3, -0.25) is 19.1 Å². The Labute approximate surface area is 140 Å². The van der Waals surface area contributed by atoms with Crippen LogP contribution in [-0.4, -0.2) is 45.5 Å². The summed E-state index contributed by atoms with van der Waals surface area (Å²) in [6.07, 6.45) is 7.70. The number of hydrogen-bond acceptors (Lipinski definition) is 4. The molecule has 1 saturated heterocycles. The fourth-order valence-electron chi connectivity index (χ4n) is 3.08. The molecule has 2 heterocycles. The maximum absolute atomic E-state index is 12.6. The number of carbonyl (C=O) groups excluding carboxylic acids is 2. The zero-order valence-electron chi connectivity index (χ0n) is 13.5. The molecule has 23 heavy (non-hydrogen) atoms. The fraction of sp³-hybridized carbons (Fsp3) is 0.588. The number of hydrogen-bond donors (Lipinski definition) is 0. The summed E-state index contributed by atoms with van der Waals surface area (Å²) >= 11 is 1.55. The van der Waals surface area contributed by atoms with Gasteiger partial charge in [0.15, 0.2) is 0 Å². The number of pyridine rings is 1. The van der Waals surface area contributed by atoms with Crippen LogP contribution in [0.2, 0.25) is 0 Å². The molecule has 1 aromatic heterocycles. The fourth-order valence-corrected chi connectivity index (χ4v) is 3.98. The number of aromatic nitrogens is 1. The van der Waals surface area contributed by atoms with E-state index in [1.807, 2.05) is 19.1 Å². The normalized spacial score (nSPS) is 20.3. The second kappa shape index (κ2) is 7.34. The molecule has 0 bridgehead atoms. The summed E-state index contributed by atoms with van der Waals surface area (Å²) in [6, 6.07) is 4.19. The topological polar surface area (TPSA) is 54.7 Å². The van der Waals surface area contributed by atoms with E-state index in [1.54, 1.807) is 27.4 Å². The Morgan fingerprint density at radius 3 is 2.83 bits per heavy atom. The van der Waals surface area contributed by atoms with E-state index < -0.39 is 0 Å². The van der Waals surface area contributed by atoms with Crippen molar-refractivity contribution >= 4 is 23.6 Å². The molecule has 5 nitrogen and oxygen atoms in total. The van der Waals surface area contributed by atoms with Crippen LogP contribution in [-0.2, 0) is 4.79 Å². The van der Waals surface area contributed by atoms with Gasteiger partial charge in [0.05, 0.1) is 17.7 Å². The summed E-state index contributed by atoms with van der Waals surface area (Å²) in [7, 11) is 0. The molecule has 0 spiro atoms. The summed E-state index contributed by atoms with van der Waals surface area (Å²) in [5.74, 6) is 1.04. The minimum absolute atomic E-state index is 0.0434. The molecule has 0 unspecified atom stereocenters. The highest BCUT2D eigenvalue weighted by Crippen LogP contribution is 2.19. The van der Waals surface area contributed by atoms with Crippen molar-refractivity contribution in [3.05, 3.63) is 29.4 Å². The maximum atomic E-state index is 12.6. The summed E-state index contributed by atoms with van der Waals surface area (Å²) in [5, 5.41) is 0. The van der Waals surface area contributed by atoms with E-state index in [0.29, 0.717) is 17.7 Å². The Kier molecular flexibility index (Phi) is 5.20. The maximum Gasteiger partial charge on any atom is 0.251 e. The van der Waals surface area contributed by atoms with Gasteiger partial charge in [-0.2, -0.15) is 0 Å². The zero-order valence-corrected chi connectivity index (χ0v) is 14.3. The van der Waals surface area contributed by atoms with Crippen molar-refractivity contribution in [1.29, 1.82) is 0 Å². The van der Waals surface area contributed by atoms with Gasteiger partial charge in [0.2, 0.25) is 5.91 Å². The summed E-state index contributed by atoms with van der Waals surface area (Å²) in [6.45, 7) is 2.14. The first-order valence-electron chi connectivity index (χ1n) is 8.25. The molecule has 0 radical (unpaired) electrons. The van der Waals surface area contributed by atoms with Crippen LogP contribution in [0.15, 0.2) is 23.3 Å². The quantitative estimate of drug-likeness (QED) is 0.852. The SMILES string of the molecule is Cc1ccn(C(=O)CN2CSCC2=O)c(=NC2CCCCC2)c1. The molecule has 6 heteroatoms. The van der Waals surface area contributed by atoms with E-state index in [2.05, 4.69) is 0 Å². The molecule has 1 saturated carbocycles. The van der Waals surface area contributed by atoms with Crippen molar-refractivity contribution in [2.75, 3.05) is 18.2 Å². The number of aryl methyl sites for hydroxylation is 1. The average Bonchev–Trinajstić information content (AvgIpc) is 2.93. The van der Waals surface area contributed by atoms with Gasteiger partial charge in [0.25, 0.3) is 5.91 Å². The van der Waals surface area contributed by atoms with Crippen LogP contribution in [0.4, 0.5) is 0 Å². The van der Waals surface area contributed by atoms with Gasteiger partial charge < -0.3 is 4.90 Å². The van der Waals surface area contributed by atoms with E-state index in [4.69, 9.17) is 4.99 Å². The van der Waals surface area contributed by atoms with E-state index in [-0.39, 0.29) is 18.4 Å². The highest BCUT2D eigenvalue weighted by molar-refractivity contribution is 8.00. The largest absolute Gasteiger partial charge is 0.323 e. The Morgan fingerprint density at radius 1 is 1.35 bits per heavy atom. The molecule has 1 aliphatic carbocycles. The van der Waals surface area contributed by atoms with Gasteiger partial charge in [-0.25, -0.2) is 0 Å². The van der Waals surface area contributed by atoms with E-state index in [1.165, 1.54) is 19.3 Å². The lowest BCUT2D eigenvalue weighted by atomic mass is 9.96. The highest BCUT2D eigenvalue weighted by atomic mass is 32.2. The van der Waals surface area contributed by atoms with E-state index in [0.717, 1.165) is 23.9 Å². The van der Waals surface area contributed by atoms with Crippen molar-refractivity contribution in [1.82, 2.24) is 9.47 Å². The first-order chi connectivity index (χ1) is 11.1. The minimum Gasteiger partial charge on any atom is -0.323 e. The second-order valence-corrected chi connectivity index (χ2v) is 7.27. The molecule has 1 aromatic rings. The van der Waals surface area contributed by atoms with Gasteiger partial charge in [-0.05, 0) is 37.5 Å². The van der Waals surface area contributed by atoms with Gasteiger partial charge in [-0.15, -0.1) is 11.8 Å². The first-order valence-corrected chi connectivity index (χ1v) is 9.41. The Balaban J connectivity index is 1.84. The van der Waals surface area contributed by atoms with Gasteiger partial charge in [0, 0.05) is 6.20 Å². The van der Waals surface area contributed by atoms with Crippen LogP contribution in [0.25, 0.3) is 0 Å². The van der Waals surface area contributed by atoms with E-state index >= 15 is 0 Å². The monoisotopic (exact) mass is 333 g/mol. The lowest BCUT2D eigenvalue weighted by Crippen LogP contribution is -2.38. The van der Waals surface area contributed by atoms with Gasteiger partial charge in [-0.1, -0.05) is 19.3 Å². The van der Waals surface area contributed by atoms with Crippen molar-refractivity contribution in [3.8, 4) is 0 Å². The predicted octanol–water partition coefficient (Wildman–Crippen LogP) is 2.20. The van der Waals surface area contributed by atoms with Crippen LogP contribution in [0.3, 0.4) is 0 Å². The third-order valence-corrected chi connectivity index (χ3v) is 5.35. The average molecular weight is 333 g/mol. The highest BCUT2D eigenvalue weighted by Gasteiger charge is 2.23. The number of nitrogens with zero attached hydrogens (tertiary/aromatic N) is 3. The summed E-state index contributed by atoms with van der Waals surface area (Å²) < 4.78 is 1.61. The number of thioether (sulfide) groups is 1. The van der Waals surface area contributed by atoms with Crippen molar-refractivity contribution in [2.45, 2.75) is 45.1 Å². The second-order valence-electron chi connectivity index (χ2n) is 6.32. The minimum atomic E-state index is -0.0876. The standard InChI is InChI=1S/C17H23N3O2S/c1-13-7-8-20(16(21)10-19-12-23-11-17(19)22)15(9-13)18-14-5-3-2-4-6-14/h7-9,14H,2-6,10-12H2,1H3. The van der Waals surface area contributed by atoms with Crippen molar-refractivity contribution < 1.29 is 9.59 Å². The summed E-state index contributed by atoms with van der Waals surface area (Å²) in [5.41, 5.74) is 1.82. The molecule has 2 fully saturated rings. The number of carbonyl (C=O) groups is 2. The predicted molar refractivity (Wildman–Crippen MR) is 91.3 cm³/mol. The molecule has 3 rings (SSSR count). The Bertz CT molecular complexity index is 662. The third kappa shape index (κ3) is 4.05. The Hall–Kier alpha value is -1.56. The number of amides is 1. The van der Waals surface area contributed by atoms with Crippen LogP contribution in [0.1, 0.15) is 42.5 Å². The zero-order chi connectivity index (χ0) is 16.2. The van der Waals surface area contributed by atoms with Crippen LogP contribution >= 0.6 is 11.8 Å². The molecular formula is C17H23N3O2S. The molecule has 0 N–H and O–H groups in total. The van der Waals surface area contributed by atoms with Crippen LogP contribution in [0, 0.1) is 6.92 Å². The van der Waals surface area contributed by atoms with Crippen LogP contribution < -0.4 is 5.49 Å². The molecule has 124 valence electrons. The van der Waals surface area contributed by atoms with Crippen molar-refractivity contribution in [2.24, 2.45) is 4.99 Å². The molecule has 1 aliphatic heterocycles. The van der Waals surface area contributed by atoms with Crippen molar-refractivity contribution in [3.63, 3.8) is 0 Å². The lowest BCUT2D eigenvalue weighted by molar-refractivity contribution is -0.126. The number of rotatable bonds is 3. The van der Waals surface area contributed by atoms with E-state index in [9.17, 15) is 9.59 Å². The molecular weight excluding hydrogens is 310 g/mol. The molecule has 0 aromatic carbocycles. The smallest absolute Gasteiger partial charge is 0.251 e. The van der Waals surface area contributed by atoms with Crippen LogP contribution in [0.5, 0.6) is 0 Å². The molecule has 2 aliphatic rings. The first kappa shape index (κ1) is 16.3. The molecule has 0 atom stereocenters. The third-order valence-electron chi connectivity index (χ3n) is 4.40. The lowest BCUT2D eigenvalue weighted by Gasteiger charge is -2.19. The van der Waals surface area contributed by atoms with Gasteiger partial charge in [0.1, 0.15) is 12.0 Å². The molecule has 1 amide bonds. The van der Waals surface area contributed by atoms with Gasteiger partial charge >= 0.3 is 0 Å². The Morgan fingerprint density at radius 2 is 2.13 bits per heavy atom. The summed E-state index contributed by atoms with van der Waals surface area (Å²) in [4.78, 5) is 30.8.